The molecule has 0 radical (unpaired) electrons. The Bertz CT molecular complexity index is 991. The van der Waals surface area contributed by atoms with E-state index >= 15 is 0 Å². The first-order valence-corrected chi connectivity index (χ1v) is 10.4. The van der Waals surface area contributed by atoms with Crippen molar-refractivity contribution in [3.63, 3.8) is 0 Å². The van der Waals surface area contributed by atoms with Gasteiger partial charge in [-0.05, 0) is 43.4 Å². The Morgan fingerprint density at radius 2 is 2.12 bits per heavy atom. The summed E-state index contributed by atoms with van der Waals surface area (Å²) in [6, 6.07) is 3.36. The number of amides is 1. The molecule has 3 aromatic heterocycles. The molecule has 0 saturated heterocycles. The average molecular weight is 407 g/mol. The van der Waals surface area contributed by atoms with Crippen LogP contribution in [0.5, 0.6) is 0 Å². The van der Waals surface area contributed by atoms with Gasteiger partial charge < -0.3 is 9.47 Å². The predicted molar refractivity (Wildman–Crippen MR) is 99.7 cm³/mol. The maximum absolute atomic E-state index is 12.8. The Labute approximate surface area is 162 Å². The SMILES string of the molecule is C[C@@H]1c2nnc(-c3nc(C4CC4)ns3)n2CCN1C(=O)c1ccc(Cl)s1. The molecule has 134 valence electrons. The number of aromatic nitrogens is 5. The minimum absolute atomic E-state index is 0.0165. The van der Waals surface area contributed by atoms with Crippen LogP contribution in [0.25, 0.3) is 10.8 Å². The lowest BCUT2D eigenvalue weighted by molar-refractivity contribution is 0.0643. The van der Waals surface area contributed by atoms with E-state index < -0.39 is 0 Å². The van der Waals surface area contributed by atoms with Crippen LogP contribution in [0.2, 0.25) is 4.34 Å². The van der Waals surface area contributed by atoms with Gasteiger partial charge in [0.25, 0.3) is 5.91 Å². The molecule has 0 N–H and O–H groups in total. The number of carbonyl (C=O) groups excluding carboxylic acids is 1. The van der Waals surface area contributed by atoms with Crippen molar-refractivity contribution in [1.29, 1.82) is 0 Å². The zero-order valence-corrected chi connectivity index (χ0v) is 16.3. The summed E-state index contributed by atoms with van der Waals surface area (Å²) < 4.78 is 7.14. The average Bonchev–Trinajstić information content (AvgIpc) is 3.04. The van der Waals surface area contributed by atoms with E-state index in [0.717, 1.165) is 22.5 Å². The molecule has 26 heavy (non-hydrogen) atoms. The van der Waals surface area contributed by atoms with Gasteiger partial charge in [0.2, 0.25) is 0 Å². The van der Waals surface area contributed by atoms with Crippen molar-refractivity contribution in [1.82, 2.24) is 29.0 Å². The number of hydrogen-bond acceptors (Lipinski definition) is 7. The summed E-state index contributed by atoms with van der Waals surface area (Å²) in [6.45, 7) is 3.22. The van der Waals surface area contributed by atoms with Crippen molar-refractivity contribution in [2.24, 2.45) is 0 Å². The van der Waals surface area contributed by atoms with Crippen LogP contribution in [-0.4, -0.2) is 41.5 Å². The van der Waals surface area contributed by atoms with Crippen molar-refractivity contribution < 1.29 is 4.79 Å². The summed E-state index contributed by atoms with van der Waals surface area (Å²) in [7, 11) is 0. The molecule has 0 aromatic carbocycles. The minimum Gasteiger partial charge on any atom is -0.326 e. The number of carbonyl (C=O) groups is 1. The monoisotopic (exact) mass is 406 g/mol. The fourth-order valence-corrected chi connectivity index (χ4v) is 4.96. The molecule has 0 unspecified atom stereocenters. The zero-order valence-electron chi connectivity index (χ0n) is 13.9. The van der Waals surface area contributed by atoms with Gasteiger partial charge >= 0.3 is 0 Å². The van der Waals surface area contributed by atoms with E-state index in [-0.39, 0.29) is 11.9 Å². The minimum atomic E-state index is -0.158. The van der Waals surface area contributed by atoms with Crippen LogP contribution >= 0.6 is 34.5 Å². The summed E-state index contributed by atoms with van der Waals surface area (Å²) in [4.78, 5) is 19.9. The van der Waals surface area contributed by atoms with Crippen molar-refractivity contribution in [2.45, 2.75) is 38.3 Å². The third-order valence-corrected chi connectivity index (χ3v) is 6.75. The van der Waals surface area contributed by atoms with E-state index in [1.54, 1.807) is 12.1 Å². The van der Waals surface area contributed by atoms with E-state index in [0.29, 0.717) is 28.2 Å². The fourth-order valence-electron chi connectivity index (χ4n) is 3.22. The highest BCUT2D eigenvalue weighted by Gasteiger charge is 2.34. The number of rotatable bonds is 3. The summed E-state index contributed by atoms with van der Waals surface area (Å²) >= 11 is 8.65. The largest absolute Gasteiger partial charge is 0.326 e. The summed E-state index contributed by atoms with van der Waals surface area (Å²) in [5.41, 5.74) is 0. The molecule has 7 nitrogen and oxygen atoms in total. The highest BCUT2D eigenvalue weighted by molar-refractivity contribution is 7.18. The maximum Gasteiger partial charge on any atom is 0.264 e. The standard InChI is InChI=1S/C16H15ClN6OS2/c1-8-13-19-20-14(15-18-12(21-26-15)9-2-3-9)23(13)7-6-22(8)16(24)10-4-5-11(17)25-10/h4-5,8-9H,2-3,6-7H2,1H3/t8-/m1/s1. The molecule has 1 aliphatic carbocycles. The van der Waals surface area contributed by atoms with Crippen LogP contribution in [0.4, 0.5) is 0 Å². The molecule has 0 spiro atoms. The zero-order chi connectivity index (χ0) is 17.8. The Balaban J connectivity index is 1.43. The molecule has 1 saturated carbocycles. The molecule has 2 aliphatic rings. The second-order valence-corrected chi connectivity index (χ2v) is 9.01. The Hall–Kier alpha value is -1.84. The summed E-state index contributed by atoms with van der Waals surface area (Å²) in [5.74, 6) is 2.97. The third kappa shape index (κ3) is 2.65. The lowest BCUT2D eigenvalue weighted by atomic mass is 10.2. The number of thiophene rings is 1. The van der Waals surface area contributed by atoms with Gasteiger partial charge in [-0.3, -0.25) is 4.79 Å². The van der Waals surface area contributed by atoms with Gasteiger partial charge in [-0.1, -0.05) is 11.6 Å². The predicted octanol–water partition coefficient (Wildman–Crippen LogP) is 3.61. The number of hydrogen-bond donors (Lipinski definition) is 0. The van der Waals surface area contributed by atoms with Crippen LogP contribution in [0.1, 0.15) is 53.0 Å². The number of fused-ring (bicyclic) bond motifs is 1. The van der Waals surface area contributed by atoms with Crippen molar-refractivity contribution >= 4 is 40.4 Å². The number of halogens is 1. The second-order valence-electron chi connectivity index (χ2n) is 6.54. The molecule has 0 bridgehead atoms. The van der Waals surface area contributed by atoms with Crippen LogP contribution < -0.4 is 0 Å². The van der Waals surface area contributed by atoms with Gasteiger partial charge in [0.05, 0.1) is 15.3 Å². The fraction of sp³-hybridized carbons (Fsp3) is 0.438. The summed E-state index contributed by atoms with van der Waals surface area (Å²) in [5, 5.41) is 9.51. The highest BCUT2D eigenvalue weighted by atomic mass is 35.5. The van der Waals surface area contributed by atoms with Gasteiger partial charge in [-0.2, -0.15) is 4.37 Å². The third-order valence-electron chi connectivity index (χ3n) is 4.81. The number of nitrogens with zero attached hydrogens (tertiary/aromatic N) is 6. The van der Waals surface area contributed by atoms with E-state index in [2.05, 4.69) is 24.1 Å². The van der Waals surface area contributed by atoms with Crippen LogP contribution in [0, 0.1) is 0 Å². The molecule has 1 aliphatic heterocycles. The highest BCUT2D eigenvalue weighted by Crippen LogP contribution is 2.40. The van der Waals surface area contributed by atoms with Gasteiger partial charge in [0.1, 0.15) is 5.82 Å². The van der Waals surface area contributed by atoms with Gasteiger partial charge in [-0.25, -0.2) is 4.98 Å². The lowest BCUT2D eigenvalue weighted by Gasteiger charge is -2.33. The molecule has 4 heterocycles. The molecule has 10 heteroatoms. The van der Waals surface area contributed by atoms with E-state index in [4.69, 9.17) is 11.6 Å². The normalized spacial score (nSPS) is 19.6. The first-order chi connectivity index (χ1) is 12.6. The Morgan fingerprint density at radius 1 is 1.27 bits per heavy atom. The van der Waals surface area contributed by atoms with E-state index in [1.165, 1.54) is 35.7 Å². The smallest absolute Gasteiger partial charge is 0.264 e. The quantitative estimate of drug-likeness (QED) is 0.664. The van der Waals surface area contributed by atoms with E-state index in [9.17, 15) is 4.79 Å². The van der Waals surface area contributed by atoms with Gasteiger partial charge in [0, 0.05) is 19.0 Å². The van der Waals surface area contributed by atoms with E-state index in [1.807, 2.05) is 11.8 Å². The molecule has 1 fully saturated rings. The van der Waals surface area contributed by atoms with Gasteiger partial charge in [0.15, 0.2) is 16.7 Å². The first-order valence-electron chi connectivity index (χ1n) is 8.45. The maximum atomic E-state index is 12.8. The Kier molecular flexibility index (Phi) is 3.84. The van der Waals surface area contributed by atoms with Crippen LogP contribution in [0.3, 0.4) is 0 Å². The molecular formula is C16H15ClN6OS2. The van der Waals surface area contributed by atoms with Gasteiger partial charge in [-0.15, -0.1) is 21.5 Å². The van der Waals surface area contributed by atoms with Crippen molar-refractivity contribution in [3.05, 3.63) is 33.0 Å². The Morgan fingerprint density at radius 3 is 2.85 bits per heavy atom. The van der Waals surface area contributed by atoms with Crippen molar-refractivity contribution in [3.8, 4) is 10.8 Å². The first kappa shape index (κ1) is 16.3. The van der Waals surface area contributed by atoms with Crippen molar-refractivity contribution in [2.75, 3.05) is 6.54 Å². The molecule has 3 aromatic rings. The van der Waals surface area contributed by atoms with Crippen LogP contribution in [0.15, 0.2) is 12.1 Å². The topological polar surface area (TPSA) is 76.8 Å². The molecular weight excluding hydrogens is 392 g/mol. The van der Waals surface area contributed by atoms with Crippen LogP contribution in [-0.2, 0) is 6.54 Å². The molecule has 1 atom stereocenters. The lowest BCUT2D eigenvalue weighted by Crippen LogP contribution is -2.41. The summed E-state index contributed by atoms with van der Waals surface area (Å²) in [6.07, 6.45) is 2.35. The molecule has 1 amide bonds. The second kappa shape index (κ2) is 6.11. The molecule has 5 rings (SSSR count).